The molecule has 0 fully saturated rings. The van der Waals surface area contributed by atoms with Crippen molar-refractivity contribution >= 4 is 11.6 Å². The number of aliphatic hydroxyl groups excluding tert-OH is 1. The molecule has 0 bridgehead atoms. The molecule has 1 aliphatic carbocycles. The number of hydrogen-bond acceptors (Lipinski definition) is 3. The lowest BCUT2D eigenvalue weighted by molar-refractivity contribution is -0.117. The molecule has 0 heterocycles. The Morgan fingerprint density at radius 1 is 1.35 bits per heavy atom. The summed E-state index contributed by atoms with van der Waals surface area (Å²) in [6.45, 7) is 4.96. The summed E-state index contributed by atoms with van der Waals surface area (Å²) in [4.78, 5) is 14.0. The van der Waals surface area contributed by atoms with Crippen LogP contribution in [-0.4, -0.2) is 41.7 Å². The van der Waals surface area contributed by atoms with E-state index in [1.54, 1.807) is 0 Å². The third-order valence-electron chi connectivity index (χ3n) is 3.85. The fraction of sp³-hybridized carbons (Fsp3) is 0.562. The Balaban J connectivity index is 1.94. The predicted molar refractivity (Wildman–Crippen MR) is 80.9 cm³/mol. The van der Waals surface area contributed by atoms with Gasteiger partial charge in [0.2, 0.25) is 5.91 Å². The maximum absolute atomic E-state index is 12.1. The van der Waals surface area contributed by atoms with Crippen LogP contribution in [0.25, 0.3) is 0 Å². The molecule has 1 aliphatic rings. The second-order valence-electron chi connectivity index (χ2n) is 5.67. The number of nitrogens with one attached hydrogen (secondary N) is 1. The Bertz CT molecular complexity index is 472. The zero-order valence-corrected chi connectivity index (χ0v) is 12.4. The maximum Gasteiger partial charge on any atom is 0.238 e. The fourth-order valence-corrected chi connectivity index (χ4v) is 2.68. The van der Waals surface area contributed by atoms with E-state index in [2.05, 4.69) is 17.4 Å². The summed E-state index contributed by atoms with van der Waals surface area (Å²) >= 11 is 0. The number of rotatable bonds is 6. The standard InChI is InChI=1S/C16H24N2O2/c1-12(2)18(8-9-19)11-16(20)17-15-7-6-13-4-3-5-14(13)10-15/h6-7,10,12,19H,3-5,8-9,11H2,1-2H3,(H,17,20). The zero-order valence-electron chi connectivity index (χ0n) is 12.4. The van der Waals surface area contributed by atoms with E-state index < -0.39 is 0 Å². The van der Waals surface area contributed by atoms with E-state index in [1.807, 2.05) is 24.8 Å². The number of fused-ring (bicyclic) bond motifs is 1. The van der Waals surface area contributed by atoms with Gasteiger partial charge in [0.15, 0.2) is 0 Å². The van der Waals surface area contributed by atoms with Crippen molar-refractivity contribution in [2.24, 2.45) is 0 Å². The number of benzene rings is 1. The molecular weight excluding hydrogens is 252 g/mol. The number of aryl methyl sites for hydroxylation is 2. The topological polar surface area (TPSA) is 52.6 Å². The third kappa shape index (κ3) is 3.81. The summed E-state index contributed by atoms with van der Waals surface area (Å²) in [6, 6.07) is 6.43. The first-order valence-corrected chi connectivity index (χ1v) is 7.36. The second-order valence-corrected chi connectivity index (χ2v) is 5.67. The van der Waals surface area contributed by atoms with Crippen LogP contribution < -0.4 is 5.32 Å². The van der Waals surface area contributed by atoms with Crippen LogP contribution in [0.15, 0.2) is 18.2 Å². The number of hydrogen-bond donors (Lipinski definition) is 2. The van der Waals surface area contributed by atoms with Crippen molar-refractivity contribution in [2.45, 2.75) is 39.2 Å². The number of carbonyl (C=O) groups excluding carboxylic acids is 1. The van der Waals surface area contributed by atoms with Crippen LogP contribution in [0.2, 0.25) is 0 Å². The van der Waals surface area contributed by atoms with Crippen LogP contribution >= 0.6 is 0 Å². The van der Waals surface area contributed by atoms with Gasteiger partial charge in [-0.1, -0.05) is 6.07 Å². The van der Waals surface area contributed by atoms with Crippen molar-refractivity contribution in [3.8, 4) is 0 Å². The van der Waals surface area contributed by atoms with Crippen LogP contribution in [0.1, 0.15) is 31.4 Å². The lowest BCUT2D eigenvalue weighted by Gasteiger charge is -2.24. The highest BCUT2D eigenvalue weighted by molar-refractivity contribution is 5.92. The van der Waals surface area contributed by atoms with E-state index in [9.17, 15) is 4.79 Å². The molecule has 0 unspecified atom stereocenters. The molecule has 1 aromatic carbocycles. The molecule has 2 N–H and O–H groups in total. The van der Waals surface area contributed by atoms with E-state index >= 15 is 0 Å². The van der Waals surface area contributed by atoms with Crippen LogP contribution in [0.4, 0.5) is 5.69 Å². The first-order valence-electron chi connectivity index (χ1n) is 7.36. The number of carbonyl (C=O) groups is 1. The molecule has 2 rings (SSSR count). The van der Waals surface area contributed by atoms with Crippen LogP contribution in [0.5, 0.6) is 0 Å². The van der Waals surface area contributed by atoms with E-state index in [0.717, 1.165) is 18.5 Å². The van der Waals surface area contributed by atoms with E-state index in [4.69, 9.17) is 5.11 Å². The minimum absolute atomic E-state index is 0.0231. The Morgan fingerprint density at radius 2 is 2.10 bits per heavy atom. The van der Waals surface area contributed by atoms with Crippen molar-refractivity contribution in [3.05, 3.63) is 29.3 Å². The summed E-state index contributed by atoms with van der Waals surface area (Å²) in [7, 11) is 0. The molecule has 0 aliphatic heterocycles. The van der Waals surface area contributed by atoms with Crippen molar-refractivity contribution in [1.82, 2.24) is 4.90 Å². The third-order valence-corrected chi connectivity index (χ3v) is 3.85. The molecule has 4 nitrogen and oxygen atoms in total. The molecule has 1 amide bonds. The summed E-state index contributed by atoms with van der Waals surface area (Å²) in [6.07, 6.45) is 3.48. The highest BCUT2D eigenvalue weighted by Crippen LogP contribution is 2.24. The number of anilines is 1. The first kappa shape index (κ1) is 15.0. The maximum atomic E-state index is 12.1. The molecule has 0 saturated heterocycles. The minimum Gasteiger partial charge on any atom is -0.395 e. The molecule has 0 saturated carbocycles. The van der Waals surface area contributed by atoms with Gasteiger partial charge in [-0.25, -0.2) is 0 Å². The van der Waals surface area contributed by atoms with E-state index in [1.165, 1.54) is 17.5 Å². The van der Waals surface area contributed by atoms with Crippen LogP contribution in [-0.2, 0) is 17.6 Å². The number of aliphatic hydroxyl groups is 1. The number of nitrogens with zero attached hydrogens (tertiary/aromatic N) is 1. The van der Waals surface area contributed by atoms with E-state index in [-0.39, 0.29) is 18.6 Å². The molecular formula is C16H24N2O2. The van der Waals surface area contributed by atoms with Gasteiger partial charge in [-0.3, -0.25) is 9.69 Å². The minimum atomic E-state index is -0.0231. The van der Waals surface area contributed by atoms with Gasteiger partial charge >= 0.3 is 0 Å². The largest absolute Gasteiger partial charge is 0.395 e. The smallest absolute Gasteiger partial charge is 0.238 e. The molecule has 0 spiro atoms. The van der Waals surface area contributed by atoms with Crippen molar-refractivity contribution in [2.75, 3.05) is 25.0 Å². The van der Waals surface area contributed by atoms with Gasteiger partial charge < -0.3 is 10.4 Å². The van der Waals surface area contributed by atoms with Gasteiger partial charge in [0.1, 0.15) is 0 Å². The predicted octanol–water partition coefficient (Wildman–Crippen LogP) is 1.82. The normalized spacial score (nSPS) is 13.8. The van der Waals surface area contributed by atoms with E-state index in [0.29, 0.717) is 13.1 Å². The molecule has 0 aromatic heterocycles. The van der Waals surface area contributed by atoms with Gasteiger partial charge in [0.05, 0.1) is 13.2 Å². The molecule has 4 heteroatoms. The lowest BCUT2D eigenvalue weighted by Crippen LogP contribution is -2.39. The summed E-state index contributed by atoms with van der Waals surface area (Å²) in [5.41, 5.74) is 3.65. The fourth-order valence-electron chi connectivity index (χ4n) is 2.68. The average Bonchev–Trinajstić information content (AvgIpc) is 2.85. The second kappa shape index (κ2) is 6.86. The summed E-state index contributed by atoms with van der Waals surface area (Å²) in [5.74, 6) is -0.0231. The van der Waals surface area contributed by atoms with Crippen molar-refractivity contribution < 1.29 is 9.90 Å². The Kier molecular flexibility index (Phi) is 5.15. The quantitative estimate of drug-likeness (QED) is 0.833. The van der Waals surface area contributed by atoms with Gasteiger partial charge in [-0.2, -0.15) is 0 Å². The summed E-state index contributed by atoms with van der Waals surface area (Å²) < 4.78 is 0. The highest BCUT2D eigenvalue weighted by atomic mass is 16.3. The molecule has 0 radical (unpaired) electrons. The first-order chi connectivity index (χ1) is 9.60. The monoisotopic (exact) mass is 276 g/mol. The Morgan fingerprint density at radius 3 is 2.80 bits per heavy atom. The average molecular weight is 276 g/mol. The van der Waals surface area contributed by atoms with Crippen LogP contribution in [0, 0.1) is 0 Å². The molecule has 110 valence electrons. The molecule has 0 atom stereocenters. The Hall–Kier alpha value is -1.39. The van der Waals surface area contributed by atoms with Crippen molar-refractivity contribution in [1.29, 1.82) is 0 Å². The van der Waals surface area contributed by atoms with Crippen LogP contribution in [0.3, 0.4) is 0 Å². The van der Waals surface area contributed by atoms with Gasteiger partial charge in [0.25, 0.3) is 0 Å². The zero-order chi connectivity index (χ0) is 14.5. The lowest BCUT2D eigenvalue weighted by atomic mass is 10.1. The van der Waals surface area contributed by atoms with Crippen molar-refractivity contribution in [3.63, 3.8) is 0 Å². The van der Waals surface area contributed by atoms with Gasteiger partial charge in [-0.15, -0.1) is 0 Å². The summed E-state index contributed by atoms with van der Waals surface area (Å²) in [5, 5.41) is 12.0. The molecule has 1 aromatic rings. The van der Waals surface area contributed by atoms with Gasteiger partial charge in [0, 0.05) is 18.3 Å². The molecule has 20 heavy (non-hydrogen) atoms. The number of amides is 1. The Labute approximate surface area is 120 Å². The van der Waals surface area contributed by atoms with Gasteiger partial charge in [-0.05, 0) is 56.4 Å². The highest BCUT2D eigenvalue weighted by Gasteiger charge is 2.15. The SMILES string of the molecule is CC(C)N(CCO)CC(=O)Nc1ccc2c(c1)CCC2.